The van der Waals surface area contributed by atoms with Gasteiger partial charge in [0.1, 0.15) is 6.61 Å². The fourth-order valence-electron chi connectivity index (χ4n) is 4.18. The van der Waals surface area contributed by atoms with Crippen LogP contribution in [-0.2, 0) is 11.2 Å². The topological polar surface area (TPSA) is 61.8 Å². The van der Waals surface area contributed by atoms with Crippen LogP contribution in [0.5, 0.6) is 0 Å². The molecule has 1 atom stereocenters. The van der Waals surface area contributed by atoms with Gasteiger partial charge in [-0.25, -0.2) is 4.79 Å². The van der Waals surface area contributed by atoms with Gasteiger partial charge in [-0.05, 0) is 46.4 Å². The summed E-state index contributed by atoms with van der Waals surface area (Å²) in [6.07, 6.45) is 0.0276. The van der Waals surface area contributed by atoms with Gasteiger partial charge in [0.2, 0.25) is 0 Å². The molecular weight excluding hydrogens is 388 g/mol. The molecule has 2 N–H and O–H groups in total. The number of aliphatic hydroxyl groups is 1. The van der Waals surface area contributed by atoms with Crippen LogP contribution in [0.3, 0.4) is 0 Å². The second-order valence-corrected chi connectivity index (χ2v) is 8.11. The summed E-state index contributed by atoms with van der Waals surface area (Å²) >= 11 is 0. The summed E-state index contributed by atoms with van der Waals surface area (Å²) in [7, 11) is 3.98. The highest BCUT2D eigenvalue weighted by Gasteiger charge is 2.29. The average Bonchev–Trinajstić information content (AvgIpc) is 3.11. The number of carbonyl (C=O) groups excluding carboxylic acids is 1. The van der Waals surface area contributed by atoms with E-state index < -0.39 is 12.1 Å². The molecule has 160 valence electrons. The number of benzene rings is 3. The summed E-state index contributed by atoms with van der Waals surface area (Å²) in [5.74, 6) is 0.0179. The van der Waals surface area contributed by atoms with Crippen molar-refractivity contribution in [3.8, 4) is 11.1 Å². The molecule has 0 saturated heterocycles. The molecule has 0 bridgehead atoms. The lowest BCUT2D eigenvalue weighted by molar-refractivity contribution is 0.132. The van der Waals surface area contributed by atoms with Crippen molar-refractivity contribution < 1.29 is 14.6 Å². The third-order valence-electron chi connectivity index (χ3n) is 5.82. The molecule has 0 radical (unpaired) electrons. The third-order valence-corrected chi connectivity index (χ3v) is 5.82. The molecule has 31 heavy (non-hydrogen) atoms. The van der Waals surface area contributed by atoms with E-state index in [1.807, 2.05) is 67.5 Å². The van der Waals surface area contributed by atoms with E-state index in [0.29, 0.717) is 6.42 Å². The monoisotopic (exact) mass is 416 g/mol. The van der Waals surface area contributed by atoms with Crippen molar-refractivity contribution in [2.75, 3.05) is 32.2 Å². The largest absolute Gasteiger partial charge is 0.449 e. The lowest BCUT2D eigenvalue weighted by atomic mass is 9.98. The van der Waals surface area contributed by atoms with Crippen molar-refractivity contribution in [2.45, 2.75) is 18.4 Å². The summed E-state index contributed by atoms with van der Waals surface area (Å²) in [5, 5.41) is 12.5. The molecule has 5 nitrogen and oxygen atoms in total. The maximum atomic E-state index is 12.5. The molecule has 5 heteroatoms. The Balaban J connectivity index is 1.37. The molecule has 4 rings (SSSR count). The zero-order valence-electron chi connectivity index (χ0n) is 17.9. The number of nitrogens with zero attached hydrogens (tertiary/aromatic N) is 1. The van der Waals surface area contributed by atoms with Crippen molar-refractivity contribution >= 4 is 11.8 Å². The number of hydrogen-bond donors (Lipinski definition) is 2. The highest BCUT2D eigenvalue weighted by molar-refractivity contribution is 5.79. The highest BCUT2D eigenvalue weighted by atomic mass is 16.5. The molecule has 3 aromatic carbocycles. The number of amides is 1. The number of aliphatic hydroxyl groups excluding tert-OH is 1. The van der Waals surface area contributed by atoms with Crippen molar-refractivity contribution in [3.05, 3.63) is 89.5 Å². The lowest BCUT2D eigenvalue weighted by Crippen LogP contribution is -2.39. The molecule has 0 spiro atoms. The van der Waals surface area contributed by atoms with Crippen LogP contribution < -0.4 is 10.2 Å². The van der Waals surface area contributed by atoms with E-state index in [2.05, 4.69) is 29.6 Å². The van der Waals surface area contributed by atoms with Gasteiger partial charge in [0.15, 0.2) is 0 Å². The van der Waals surface area contributed by atoms with E-state index in [0.717, 1.165) is 11.3 Å². The van der Waals surface area contributed by atoms with Crippen LogP contribution in [-0.4, -0.2) is 44.6 Å². The maximum absolute atomic E-state index is 12.5. The molecule has 0 aromatic heterocycles. The van der Waals surface area contributed by atoms with Gasteiger partial charge in [-0.2, -0.15) is 0 Å². The van der Waals surface area contributed by atoms with Crippen molar-refractivity contribution in [3.63, 3.8) is 0 Å². The molecule has 1 amide bonds. The number of carbonyl (C=O) groups is 1. The highest BCUT2D eigenvalue weighted by Crippen LogP contribution is 2.44. The van der Waals surface area contributed by atoms with Gasteiger partial charge in [0, 0.05) is 25.7 Å². The fourth-order valence-corrected chi connectivity index (χ4v) is 4.18. The van der Waals surface area contributed by atoms with Gasteiger partial charge in [0.05, 0.1) is 12.6 Å². The Hall–Kier alpha value is -3.31. The first-order valence-corrected chi connectivity index (χ1v) is 10.6. The molecule has 0 aliphatic heterocycles. The van der Waals surface area contributed by atoms with E-state index in [1.165, 1.54) is 22.3 Å². The Morgan fingerprint density at radius 3 is 2.10 bits per heavy atom. The van der Waals surface area contributed by atoms with Crippen molar-refractivity contribution in [1.82, 2.24) is 5.32 Å². The molecule has 0 fully saturated rings. The van der Waals surface area contributed by atoms with Crippen LogP contribution in [0.2, 0.25) is 0 Å². The zero-order valence-corrected chi connectivity index (χ0v) is 17.9. The first-order valence-electron chi connectivity index (χ1n) is 10.6. The SMILES string of the molecule is CN(C)c1ccc(C[C@@H](CO)NC(=O)OCC2c3ccccc3-c3ccccc32)cc1. The van der Waals surface area contributed by atoms with Crippen molar-refractivity contribution in [2.24, 2.45) is 0 Å². The summed E-state index contributed by atoms with van der Waals surface area (Å²) < 4.78 is 5.59. The number of ether oxygens (including phenoxy) is 1. The van der Waals surface area contributed by atoms with Gasteiger partial charge < -0.3 is 20.1 Å². The maximum Gasteiger partial charge on any atom is 0.407 e. The van der Waals surface area contributed by atoms with E-state index in [9.17, 15) is 9.90 Å². The summed E-state index contributed by atoms with van der Waals surface area (Å²) in [4.78, 5) is 14.5. The summed E-state index contributed by atoms with van der Waals surface area (Å²) in [6, 6.07) is 24.2. The molecule has 0 saturated carbocycles. The van der Waals surface area contributed by atoms with E-state index in [1.54, 1.807) is 0 Å². The normalized spacial score (nSPS) is 13.3. The van der Waals surface area contributed by atoms with Crippen LogP contribution in [0.25, 0.3) is 11.1 Å². The lowest BCUT2D eigenvalue weighted by Gasteiger charge is -2.19. The molecule has 0 unspecified atom stereocenters. The zero-order chi connectivity index (χ0) is 21.8. The van der Waals surface area contributed by atoms with Gasteiger partial charge in [-0.15, -0.1) is 0 Å². The van der Waals surface area contributed by atoms with Crippen molar-refractivity contribution in [1.29, 1.82) is 0 Å². The van der Waals surface area contributed by atoms with Gasteiger partial charge in [-0.1, -0.05) is 60.7 Å². The van der Waals surface area contributed by atoms with E-state index >= 15 is 0 Å². The quantitative estimate of drug-likeness (QED) is 0.606. The minimum atomic E-state index is -0.508. The minimum absolute atomic E-state index is 0.0179. The average molecular weight is 417 g/mol. The first-order chi connectivity index (χ1) is 15.1. The van der Waals surface area contributed by atoms with Crippen LogP contribution in [0.1, 0.15) is 22.6 Å². The van der Waals surface area contributed by atoms with Crippen LogP contribution >= 0.6 is 0 Å². The molecule has 3 aromatic rings. The number of anilines is 1. The van der Waals surface area contributed by atoms with Gasteiger partial charge in [0.25, 0.3) is 0 Å². The Labute approximate surface area is 183 Å². The fraction of sp³-hybridized carbons (Fsp3) is 0.269. The number of fused-ring (bicyclic) bond motifs is 3. The smallest absolute Gasteiger partial charge is 0.407 e. The second kappa shape index (κ2) is 9.23. The predicted molar refractivity (Wildman–Crippen MR) is 124 cm³/mol. The first kappa shape index (κ1) is 20.9. The minimum Gasteiger partial charge on any atom is -0.449 e. The summed E-state index contributed by atoms with van der Waals surface area (Å²) in [5.41, 5.74) is 6.90. The molecule has 1 aliphatic carbocycles. The Morgan fingerprint density at radius 2 is 1.55 bits per heavy atom. The second-order valence-electron chi connectivity index (χ2n) is 8.11. The Bertz CT molecular complexity index is 1000. The number of rotatable bonds is 7. The standard InChI is InChI=1S/C26H28N2O3/c1-28(2)20-13-11-18(12-14-20)15-19(16-29)27-26(30)31-17-25-23-9-5-3-7-21(23)22-8-4-6-10-24(22)25/h3-14,19,25,29H,15-17H2,1-2H3,(H,27,30)/t19-/m0/s1. The van der Waals surface area contributed by atoms with E-state index in [4.69, 9.17) is 4.74 Å². The third kappa shape index (κ3) is 4.57. The molecule has 1 aliphatic rings. The molecule has 0 heterocycles. The van der Waals surface area contributed by atoms with E-state index in [-0.39, 0.29) is 19.1 Å². The van der Waals surface area contributed by atoms with Crippen LogP contribution in [0.15, 0.2) is 72.8 Å². The number of hydrogen-bond acceptors (Lipinski definition) is 4. The van der Waals surface area contributed by atoms with Crippen LogP contribution in [0.4, 0.5) is 10.5 Å². The van der Waals surface area contributed by atoms with Gasteiger partial charge >= 0.3 is 6.09 Å². The van der Waals surface area contributed by atoms with Crippen LogP contribution in [0, 0.1) is 0 Å². The Morgan fingerprint density at radius 1 is 0.968 bits per heavy atom. The predicted octanol–water partition coefficient (Wildman–Crippen LogP) is 4.19. The molecular formula is C26H28N2O3. The summed E-state index contributed by atoms with van der Waals surface area (Å²) in [6.45, 7) is 0.106. The van der Waals surface area contributed by atoms with Gasteiger partial charge in [-0.3, -0.25) is 0 Å². The number of alkyl carbamates (subject to hydrolysis) is 1. The Kier molecular flexibility index (Phi) is 6.23. The number of nitrogens with one attached hydrogen (secondary N) is 1.